The standard InChI is InChI=1S/C20H31N3O2/c1-2-22-11-13-23(14-12-22)16-18-8-4-3-7-17(18)15-21-19(24)20(25)9-5-6-10-20/h3-4,7-8,25H,2,5-6,9-16H2,1H3,(H,21,24). The summed E-state index contributed by atoms with van der Waals surface area (Å²) in [5, 5.41) is 13.4. The van der Waals surface area contributed by atoms with E-state index in [0.717, 1.165) is 57.7 Å². The van der Waals surface area contributed by atoms with Gasteiger partial charge in [-0.1, -0.05) is 31.2 Å². The zero-order valence-corrected chi connectivity index (χ0v) is 15.3. The predicted molar refractivity (Wildman–Crippen MR) is 99.1 cm³/mol. The molecule has 1 heterocycles. The van der Waals surface area contributed by atoms with Crippen LogP contribution in [0.15, 0.2) is 24.3 Å². The fourth-order valence-electron chi connectivity index (χ4n) is 3.92. The third-order valence-electron chi connectivity index (χ3n) is 5.72. The normalized spacial score (nSPS) is 21.4. The Balaban J connectivity index is 1.56. The van der Waals surface area contributed by atoms with Crippen molar-refractivity contribution >= 4 is 5.91 Å². The summed E-state index contributed by atoms with van der Waals surface area (Å²) in [4.78, 5) is 17.3. The zero-order valence-electron chi connectivity index (χ0n) is 15.3. The van der Waals surface area contributed by atoms with E-state index in [1.807, 2.05) is 6.07 Å². The smallest absolute Gasteiger partial charge is 0.252 e. The molecule has 1 aromatic rings. The van der Waals surface area contributed by atoms with Gasteiger partial charge >= 0.3 is 0 Å². The number of rotatable bonds is 6. The molecule has 0 spiro atoms. The molecule has 0 bridgehead atoms. The Bertz CT molecular complexity index is 576. The second-order valence-corrected chi connectivity index (χ2v) is 7.40. The molecule has 1 amide bonds. The lowest BCUT2D eigenvalue weighted by molar-refractivity contribution is -0.139. The Morgan fingerprint density at radius 1 is 1.08 bits per heavy atom. The van der Waals surface area contributed by atoms with Crippen molar-refractivity contribution in [1.82, 2.24) is 15.1 Å². The van der Waals surface area contributed by atoms with E-state index < -0.39 is 5.60 Å². The number of hydrogen-bond donors (Lipinski definition) is 2. The quantitative estimate of drug-likeness (QED) is 0.825. The van der Waals surface area contributed by atoms with E-state index in [1.54, 1.807) is 0 Å². The highest BCUT2D eigenvalue weighted by Crippen LogP contribution is 2.29. The molecule has 0 atom stereocenters. The van der Waals surface area contributed by atoms with Crippen LogP contribution in [-0.4, -0.2) is 59.1 Å². The SMILES string of the molecule is CCN1CCN(Cc2ccccc2CNC(=O)C2(O)CCCC2)CC1. The summed E-state index contributed by atoms with van der Waals surface area (Å²) in [5.41, 5.74) is 1.27. The van der Waals surface area contributed by atoms with Crippen LogP contribution in [-0.2, 0) is 17.9 Å². The largest absolute Gasteiger partial charge is 0.380 e. The van der Waals surface area contributed by atoms with Gasteiger partial charge in [0, 0.05) is 39.3 Å². The maximum atomic E-state index is 12.3. The number of likely N-dealkylation sites (N-methyl/N-ethyl adjacent to an activating group) is 1. The van der Waals surface area contributed by atoms with E-state index in [1.165, 1.54) is 5.56 Å². The Morgan fingerprint density at radius 2 is 1.68 bits per heavy atom. The van der Waals surface area contributed by atoms with Crippen LogP contribution in [0.1, 0.15) is 43.7 Å². The number of benzene rings is 1. The summed E-state index contributed by atoms with van der Waals surface area (Å²) < 4.78 is 0. The Hall–Kier alpha value is -1.43. The van der Waals surface area contributed by atoms with Gasteiger partial charge < -0.3 is 15.3 Å². The second kappa shape index (κ2) is 8.30. The summed E-state index contributed by atoms with van der Waals surface area (Å²) in [6.07, 6.45) is 3.04. The molecule has 0 unspecified atom stereocenters. The van der Waals surface area contributed by atoms with Crippen LogP contribution in [0.2, 0.25) is 0 Å². The first kappa shape index (κ1) is 18.4. The minimum Gasteiger partial charge on any atom is -0.380 e. The first-order chi connectivity index (χ1) is 12.1. The molecule has 1 aliphatic heterocycles. The van der Waals surface area contributed by atoms with Crippen molar-refractivity contribution in [2.24, 2.45) is 0 Å². The summed E-state index contributed by atoms with van der Waals surface area (Å²) in [6.45, 7) is 9.19. The average Bonchev–Trinajstić information content (AvgIpc) is 3.09. The number of piperazine rings is 1. The van der Waals surface area contributed by atoms with Crippen LogP contribution in [0.25, 0.3) is 0 Å². The Kier molecular flexibility index (Phi) is 6.10. The summed E-state index contributed by atoms with van der Waals surface area (Å²) >= 11 is 0. The van der Waals surface area contributed by atoms with E-state index in [9.17, 15) is 9.90 Å². The Morgan fingerprint density at radius 3 is 2.32 bits per heavy atom. The molecule has 1 saturated carbocycles. The number of nitrogens with one attached hydrogen (secondary N) is 1. The first-order valence-electron chi connectivity index (χ1n) is 9.63. The number of carbonyl (C=O) groups is 1. The van der Waals surface area contributed by atoms with Gasteiger partial charge in [-0.2, -0.15) is 0 Å². The summed E-state index contributed by atoms with van der Waals surface area (Å²) in [5.74, 6) is -0.212. The minimum absolute atomic E-state index is 0.212. The lowest BCUT2D eigenvalue weighted by Crippen LogP contribution is -2.46. The highest BCUT2D eigenvalue weighted by molar-refractivity contribution is 5.85. The highest BCUT2D eigenvalue weighted by atomic mass is 16.3. The zero-order chi connectivity index (χ0) is 17.7. The lowest BCUT2D eigenvalue weighted by atomic mass is 10.0. The van der Waals surface area contributed by atoms with Gasteiger partial charge in [0.05, 0.1) is 0 Å². The average molecular weight is 345 g/mol. The maximum Gasteiger partial charge on any atom is 0.252 e. The number of aliphatic hydroxyl groups is 1. The van der Waals surface area contributed by atoms with Gasteiger partial charge in [-0.05, 0) is 43.4 Å². The van der Waals surface area contributed by atoms with E-state index in [0.29, 0.717) is 19.4 Å². The van der Waals surface area contributed by atoms with Gasteiger partial charge in [-0.3, -0.25) is 9.69 Å². The van der Waals surface area contributed by atoms with Gasteiger partial charge in [0.25, 0.3) is 5.91 Å². The van der Waals surface area contributed by atoms with Gasteiger partial charge in [-0.25, -0.2) is 0 Å². The third-order valence-corrected chi connectivity index (χ3v) is 5.72. The van der Waals surface area contributed by atoms with Crippen molar-refractivity contribution in [2.45, 2.75) is 51.3 Å². The molecule has 5 heteroatoms. The number of amides is 1. The van der Waals surface area contributed by atoms with Gasteiger partial charge in [-0.15, -0.1) is 0 Å². The highest BCUT2D eigenvalue weighted by Gasteiger charge is 2.38. The van der Waals surface area contributed by atoms with Crippen LogP contribution >= 0.6 is 0 Å². The molecule has 1 aliphatic carbocycles. The Labute approximate surface area is 151 Å². The summed E-state index contributed by atoms with van der Waals surface area (Å²) in [6, 6.07) is 8.31. The number of hydrogen-bond acceptors (Lipinski definition) is 4. The monoisotopic (exact) mass is 345 g/mol. The maximum absolute atomic E-state index is 12.3. The van der Waals surface area contributed by atoms with E-state index in [4.69, 9.17) is 0 Å². The molecule has 25 heavy (non-hydrogen) atoms. The fourth-order valence-corrected chi connectivity index (χ4v) is 3.92. The van der Waals surface area contributed by atoms with Crippen molar-refractivity contribution in [3.8, 4) is 0 Å². The molecule has 5 nitrogen and oxygen atoms in total. The van der Waals surface area contributed by atoms with Crippen molar-refractivity contribution in [2.75, 3.05) is 32.7 Å². The molecule has 1 aromatic carbocycles. The number of carbonyl (C=O) groups excluding carboxylic acids is 1. The fraction of sp³-hybridized carbons (Fsp3) is 0.650. The number of nitrogens with zero attached hydrogens (tertiary/aromatic N) is 2. The van der Waals surface area contributed by atoms with Crippen LogP contribution in [0.5, 0.6) is 0 Å². The molecule has 138 valence electrons. The predicted octanol–water partition coefficient (Wildman–Crippen LogP) is 1.75. The molecular formula is C20H31N3O2. The minimum atomic E-state index is -1.15. The molecule has 2 fully saturated rings. The van der Waals surface area contributed by atoms with Gasteiger partial charge in [0.2, 0.25) is 0 Å². The van der Waals surface area contributed by atoms with Crippen molar-refractivity contribution in [3.63, 3.8) is 0 Å². The molecule has 0 radical (unpaired) electrons. The first-order valence-corrected chi connectivity index (χ1v) is 9.63. The van der Waals surface area contributed by atoms with E-state index in [2.05, 4.69) is 40.2 Å². The van der Waals surface area contributed by atoms with Crippen molar-refractivity contribution in [3.05, 3.63) is 35.4 Å². The van der Waals surface area contributed by atoms with Crippen LogP contribution in [0.4, 0.5) is 0 Å². The van der Waals surface area contributed by atoms with E-state index in [-0.39, 0.29) is 5.91 Å². The van der Waals surface area contributed by atoms with Gasteiger partial charge in [0.1, 0.15) is 5.60 Å². The summed E-state index contributed by atoms with van der Waals surface area (Å²) in [7, 11) is 0. The molecule has 1 saturated heterocycles. The third kappa shape index (κ3) is 4.60. The van der Waals surface area contributed by atoms with Crippen LogP contribution in [0.3, 0.4) is 0 Å². The van der Waals surface area contributed by atoms with Gasteiger partial charge in [0.15, 0.2) is 0 Å². The van der Waals surface area contributed by atoms with E-state index >= 15 is 0 Å². The molecule has 3 rings (SSSR count). The van der Waals surface area contributed by atoms with Crippen molar-refractivity contribution < 1.29 is 9.90 Å². The van der Waals surface area contributed by atoms with Crippen LogP contribution in [0, 0.1) is 0 Å². The van der Waals surface area contributed by atoms with Crippen molar-refractivity contribution in [1.29, 1.82) is 0 Å². The van der Waals surface area contributed by atoms with Crippen LogP contribution < -0.4 is 5.32 Å². The molecule has 2 N–H and O–H groups in total. The second-order valence-electron chi connectivity index (χ2n) is 7.40. The lowest BCUT2D eigenvalue weighted by Gasteiger charge is -2.34. The molecular weight excluding hydrogens is 314 g/mol. The topological polar surface area (TPSA) is 55.8 Å². The molecule has 0 aromatic heterocycles. The molecule has 2 aliphatic rings.